The lowest BCUT2D eigenvalue weighted by atomic mass is 10.2. The van der Waals surface area contributed by atoms with Crippen LogP contribution in [0.25, 0.3) is 11.3 Å². The fraction of sp³-hybridized carbons (Fsp3) is 0.308. The van der Waals surface area contributed by atoms with E-state index in [1.54, 1.807) is 18.3 Å². The zero-order chi connectivity index (χ0) is 12.1. The molecule has 3 nitrogen and oxygen atoms in total. The van der Waals surface area contributed by atoms with Gasteiger partial charge in [0.15, 0.2) is 11.7 Å². The number of aryl methyl sites for hydroxylation is 1. The molecule has 90 valence electrons. The molecule has 2 rings (SSSR count). The summed E-state index contributed by atoms with van der Waals surface area (Å²) in [6.45, 7) is 0.939. The molecule has 1 heterocycles. The third kappa shape index (κ3) is 3.14. The van der Waals surface area contributed by atoms with Gasteiger partial charge >= 0.3 is 0 Å². The van der Waals surface area contributed by atoms with Crippen LogP contribution >= 0.6 is 0 Å². The van der Waals surface area contributed by atoms with E-state index in [0.29, 0.717) is 5.76 Å². The Morgan fingerprint density at radius 2 is 2.06 bits per heavy atom. The first-order valence-electron chi connectivity index (χ1n) is 5.65. The lowest BCUT2D eigenvalue weighted by Crippen LogP contribution is -2.08. The van der Waals surface area contributed by atoms with Gasteiger partial charge < -0.3 is 9.73 Å². The minimum Gasteiger partial charge on any atom is -0.441 e. The first kappa shape index (κ1) is 11.8. The van der Waals surface area contributed by atoms with E-state index in [4.69, 9.17) is 4.42 Å². The fourth-order valence-corrected chi connectivity index (χ4v) is 1.59. The molecule has 0 saturated carbocycles. The molecule has 0 unspecified atom stereocenters. The van der Waals surface area contributed by atoms with Gasteiger partial charge in [-0.1, -0.05) is 0 Å². The average molecular weight is 234 g/mol. The Bertz CT molecular complexity index is 465. The first-order valence-corrected chi connectivity index (χ1v) is 5.65. The highest BCUT2D eigenvalue weighted by Crippen LogP contribution is 2.20. The smallest absolute Gasteiger partial charge is 0.194 e. The summed E-state index contributed by atoms with van der Waals surface area (Å²) in [4.78, 5) is 4.20. The topological polar surface area (TPSA) is 38.1 Å². The molecule has 0 aliphatic carbocycles. The van der Waals surface area contributed by atoms with Gasteiger partial charge in [-0.2, -0.15) is 0 Å². The second kappa shape index (κ2) is 5.59. The van der Waals surface area contributed by atoms with Crippen LogP contribution in [0.5, 0.6) is 0 Å². The summed E-state index contributed by atoms with van der Waals surface area (Å²) in [5, 5.41) is 3.07. The molecule has 0 bridgehead atoms. The molecule has 0 fully saturated rings. The first-order chi connectivity index (χ1) is 8.29. The van der Waals surface area contributed by atoms with Gasteiger partial charge in [-0.25, -0.2) is 9.37 Å². The number of nitrogens with one attached hydrogen (secondary N) is 1. The number of hydrogen-bond donors (Lipinski definition) is 1. The van der Waals surface area contributed by atoms with Gasteiger partial charge in [-0.15, -0.1) is 0 Å². The highest BCUT2D eigenvalue weighted by molar-refractivity contribution is 5.55. The third-order valence-corrected chi connectivity index (χ3v) is 2.50. The Kier molecular flexibility index (Phi) is 3.88. The fourth-order valence-electron chi connectivity index (χ4n) is 1.59. The lowest BCUT2D eigenvalue weighted by Gasteiger charge is -1.97. The highest BCUT2D eigenvalue weighted by Gasteiger charge is 2.06. The molecule has 0 aliphatic heterocycles. The second-order valence-electron chi connectivity index (χ2n) is 3.83. The molecule has 0 aliphatic rings. The van der Waals surface area contributed by atoms with E-state index in [2.05, 4.69) is 10.3 Å². The van der Waals surface area contributed by atoms with Crippen LogP contribution in [0, 0.1) is 5.82 Å². The van der Waals surface area contributed by atoms with Gasteiger partial charge in [-0.05, 0) is 44.3 Å². The summed E-state index contributed by atoms with van der Waals surface area (Å²) in [6.07, 6.45) is 3.48. The molecule has 0 amide bonds. The molecule has 0 saturated heterocycles. The molecule has 0 radical (unpaired) electrons. The van der Waals surface area contributed by atoms with E-state index in [0.717, 1.165) is 30.8 Å². The van der Waals surface area contributed by atoms with Crippen LogP contribution in [0.1, 0.15) is 12.3 Å². The van der Waals surface area contributed by atoms with E-state index in [1.165, 1.54) is 12.1 Å². The van der Waals surface area contributed by atoms with Gasteiger partial charge in [-0.3, -0.25) is 0 Å². The summed E-state index contributed by atoms with van der Waals surface area (Å²) in [7, 11) is 1.92. The molecule has 1 N–H and O–H groups in total. The van der Waals surface area contributed by atoms with Gasteiger partial charge in [0.25, 0.3) is 0 Å². The molecule has 17 heavy (non-hydrogen) atoms. The molecule has 4 heteroatoms. The number of rotatable bonds is 5. The number of oxazole rings is 1. The van der Waals surface area contributed by atoms with Crippen molar-refractivity contribution in [3.05, 3.63) is 42.2 Å². The summed E-state index contributed by atoms with van der Waals surface area (Å²) >= 11 is 0. The van der Waals surface area contributed by atoms with E-state index in [9.17, 15) is 4.39 Å². The standard InChI is InChI=1S/C13H15FN2O/c1-15-8-2-3-13-16-9-12(17-13)10-4-6-11(14)7-5-10/h4-7,9,15H,2-3,8H2,1H3. The Labute approximate surface area is 99.7 Å². The quantitative estimate of drug-likeness (QED) is 0.808. The van der Waals surface area contributed by atoms with E-state index in [-0.39, 0.29) is 5.82 Å². The number of benzene rings is 1. The van der Waals surface area contributed by atoms with Crippen molar-refractivity contribution >= 4 is 0 Å². The van der Waals surface area contributed by atoms with Crippen molar-refractivity contribution in [2.45, 2.75) is 12.8 Å². The van der Waals surface area contributed by atoms with Gasteiger partial charge in [0.05, 0.1) is 6.20 Å². The van der Waals surface area contributed by atoms with Crippen LogP contribution in [0.2, 0.25) is 0 Å². The second-order valence-corrected chi connectivity index (χ2v) is 3.83. The molecule has 0 spiro atoms. The van der Waals surface area contributed by atoms with Crippen molar-refractivity contribution < 1.29 is 8.81 Å². The maximum absolute atomic E-state index is 12.8. The van der Waals surface area contributed by atoms with E-state index in [1.807, 2.05) is 7.05 Å². The van der Waals surface area contributed by atoms with Crippen LogP contribution in [0.4, 0.5) is 4.39 Å². The van der Waals surface area contributed by atoms with Crippen molar-refractivity contribution in [1.29, 1.82) is 0 Å². The number of hydrogen-bond acceptors (Lipinski definition) is 3. The van der Waals surface area contributed by atoms with Gasteiger partial charge in [0.1, 0.15) is 5.82 Å². The summed E-state index contributed by atoms with van der Waals surface area (Å²) in [6, 6.07) is 6.21. The largest absolute Gasteiger partial charge is 0.441 e. The van der Waals surface area contributed by atoms with Crippen molar-refractivity contribution in [2.75, 3.05) is 13.6 Å². The summed E-state index contributed by atoms with van der Waals surface area (Å²) in [5.74, 6) is 1.16. The number of halogens is 1. The van der Waals surface area contributed by atoms with E-state index >= 15 is 0 Å². The minimum absolute atomic E-state index is 0.248. The Hall–Kier alpha value is -1.68. The Morgan fingerprint density at radius 3 is 2.76 bits per heavy atom. The zero-order valence-corrected chi connectivity index (χ0v) is 9.74. The molecular formula is C13H15FN2O. The molecule has 1 aromatic heterocycles. The molecule has 1 aromatic carbocycles. The van der Waals surface area contributed by atoms with E-state index < -0.39 is 0 Å². The van der Waals surface area contributed by atoms with Crippen LogP contribution in [0.3, 0.4) is 0 Å². The SMILES string of the molecule is CNCCCc1ncc(-c2ccc(F)cc2)o1. The monoisotopic (exact) mass is 234 g/mol. The summed E-state index contributed by atoms with van der Waals surface area (Å²) in [5.41, 5.74) is 0.846. The predicted octanol–water partition coefficient (Wildman–Crippen LogP) is 2.63. The predicted molar refractivity (Wildman–Crippen MR) is 64.1 cm³/mol. The van der Waals surface area contributed by atoms with Gasteiger partial charge in [0.2, 0.25) is 0 Å². The normalized spacial score (nSPS) is 10.7. The van der Waals surface area contributed by atoms with Crippen LogP contribution in [0.15, 0.2) is 34.9 Å². The van der Waals surface area contributed by atoms with Crippen LogP contribution in [-0.2, 0) is 6.42 Å². The average Bonchev–Trinajstić information content (AvgIpc) is 2.79. The Balaban J connectivity index is 2.04. The van der Waals surface area contributed by atoms with Gasteiger partial charge in [0, 0.05) is 12.0 Å². The van der Waals surface area contributed by atoms with Crippen molar-refractivity contribution in [3.63, 3.8) is 0 Å². The molecule has 0 atom stereocenters. The summed E-state index contributed by atoms with van der Waals surface area (Å²) < 4.78 is 18.4. The lowest BCUT2D eigenvalue weighted by molar-refractivity contribution is 0.495. The highest BCUT2D eigenvalue weighted by atomic mass is 19.1. The van der Waals surface area contributed by atoms with Crippen LogP contribution in [-0.4, -0.2) is 18.6 Å². The molecule has 2 aromatic rings. The maximum atomic E-state index is 12.8. The van der Waals surface area contributed by atoms with Crippen LogP contribution < -0.4 is 5.32 Å². The van der Waals surface area contributed by atoms with Crippen molar-refractivity contribution in [2.24, 2.45) is 0 Å². The Morgan fingerprint density at radius 1 is 1.29 bits per heavy atom. The van der Waals surface area contributed by atoms with Crippen molar-refractivity contribution in [3.8, 4) is 11.3 Å². The third-order valence-electron chi connectivity index (χ3n) is 2.50. The minimum atomic E-state index is -0.248. The number of nitrogens with zero attached hydrogens (tertiary/aromatic N) is 1. The zero-order valence-electron chi connectivity index (χ0n) is 9.74. The maximum Gasteiger partial charge on any atom is 0.194 e. The van der Waals surface area contributed by atoms with Crippen molar-refractivity contribution in [1.82, 2.24) is 10.3 Å². The molecular weight excluding hydrogens is 219 g/mol. The number of aromatic nitrogens is 1.